The number of nitrogens with zero attached hydrogens (tertiary/aromatic N) is 1. The summed E-state index contributed by atoms with van der Waals surface area (Å²) in [6.45, 7) is 2.71. The predicted molar refractivity (Wildman–Crippen MR) is 85.4 cm³/mol. The molecule has 0 aliphatic carbocycles. The van der Waals surface area contributed by atoms with Crippen molar-refractivity contribution in [3.63, 3.8) is 0 Å². The number of thioether (sulfide) groups is 1. The molecule has 110 valence electrons. The van der Waals surface area contributed by atoms with Crippen molar-refractivity contribution in [1.82, 2.24) is 10.2 Å². The Morgan fingerprint density at radius 2 is 2.20 bits per heavy atom. The molecule has 2 rings (SSSR count). The Morgan fingerprint density at radius 3 is 2.90 bits per heavy atom. The fourth-order valence-corrected chi connectivity index (χ4v) is 3.29. The van der Waals surface area contributed by atoms with Gasteiger partial charge in [-0.15, -0.1) is 11.8 Å². The smallest absolute Gasteiger partial charge is 0.224 e. The van der Waals surface area contributed by atoms with Crippen LogP contribution in [0, 0.1) is 5.92 Å². The Bertz CT molecular complexity index is 438. The third-order valence-electron chi connectivity index (χ3n) is 3.48. The van der Waals surface area contributed by atoms with E-state index in [2.05, 4.69) is 17.3 Å². The van der Waals surface area contributed by atoms with Gasteiger partial charge in [0, 0.05) is 28.8 Å². The molecule has 0 aromatic heterocycles. The number of carbonyl (C=O) groups is 1. The monoisotopic (exact) mass is 312 g/mol. The Labute approximate surface area is 130 Å². The van der Waals surface area contributed by atoms with Crippen LogP contribution in [0.2, 0.25) is 5.02 Å². The van der Waals surface area contributed by atoms with Crippen molar-refractivity contribution >= 4 is 29.3 Å². The van der Waals surface area contributed by atoms with Crippen LogP contribution >= 0.6 is 23.4 Å². The standard InChI is InChI=1S/C15H21ClN2OS/c1-18-9-2-3-12(11-18)15(19)17-8-10-20-14-6-4-13(16)5-7-14/h4-7,12H,2-3,8-11H2,1H3,(H,17,19). The molecule has 1 amide bonds. The zero-order chi connectivity index (χ0) is 14.4. The van der Waals surface area contributed by atoms with Gasteiger partial charge < -0.3 is 10.2 Å². The second-order valence-corrected chi connectivity index (χ2v) is 6.80. The third-order valence-corrected chi connectivity index (χ3v) is 4.74. The maximum Gasteiger partial charge on any atom is 0.224 e. The lowest BCUT2D eigenvalue weighted by Crippen LogP contribution is -2.41. The molecule has 1 fully saturated rings. The topological polar surface area (TPSA) is 32.3 Å². The van der Waals surface area contributed by atoms with Gasteiger partial charge in [-0.2, -0.15) is 0 Å². The summed E-state index contributed by atoms with van der Waals surface area (Å²) in [5, 5.41) is 3.80. The van der Waals surface area contributed by atoms with Gasteiger partial charge in [0.15, 0.2) is 0 Å². The van der Waals surface area contributed by atoms with Crippen molar-refractivity contribution in [1.29, 1.82) is 0 Å². The number of carbonyl (C=O) groups excluding carboxylic acids is 1. The number of hydrogen-bond donors (Lipinski definition) is 1. The number of benzene rings is 1. The molecular formula is C15H21ClN2OS. The number of piperidine rings is 1. The molecule has 0 saturated carbocycles. The predicted octanol–water partition coefficient (Wildman–Crippen LogP) is 2.89. The average Bonchev–Trinajstić information content (AvgIpc) is 2.45. The fourth-order valence-electron chi connectivity index (χ4n) is 2.40. The highest BCUT2D eigenvalue weighted by Gasteiger charge is 2.23. The highest BCUT2D eigenvalue weighted by atomic mass is 35.5. The first kappa shape index (κ1) is 15.7. The summed E-state index contributed by atoms with van der Waals surface area (Å²) < 4.78 is 0. The number of nitrogens with one attached hydrogen (secondary N) is 1. The molecule has 1 saturated heterocycles. The van der Waals surface area contributed by atoms with Gasteiger partial charge in [0.25, 0.3) is 0 Å². The van der Waals surface area contributed by atoms with E-state index in [0.717, 1.165) is 36.7 Å². The lowest BCUT2D eigenvalue weighted by Gasteiger charge is -2.28. The first-order valence-corrected chi connectivity index (χ1v) is 8.36. The van der Waals surface area contributed by atoms with E-state index in [1.54, 1.807) is 11.8 Å². The maximum atomic E-state index is 12.0. The Kier molecular flexibility index (Phi) is 6.20. The highest BCUT2D eigenvalue weighted by Crippen LogP contribution is 2.20. The molecule has 1 aliphatic heterocycles. The first-order chi connectivity index (χ1) is 9.65. The molecule has 3 nitrogen and oxygen atoms in total. The van der Waals surface area contributed by atoms with Crippen molar-refractivity contribution in [2.24, 2.45) is 5.92 Å². The summed E-state index contributed by atoms with van der Waals surface area (Å²) in [5.74, 6) is 1.25. The fraction of sp³-hybridized carbons (Fsp3) is 0.533. The molecular weight excluding hydrogens is 292 g/mol. The molecule has 20 heavy (non-hydrogen) atoms. The van der Waals surface area contributed by atoms with Crippen molar-refractivity contribution < 1.29 is 4.79 Å². The second kappa shape index (κ2) is 7.91. The van der Waals surface area contributed by atoms with E-state index in [0.29, 0.717) is 6.54 Å². The molecule has 1 aromatic rings. The summed E-state index contributed by atoms with van der Waals surface area (Å²) in [6.07, 6.45) is 2.13. The van der Waals surface area contributed by atoms with E-state index in [4.69, 9.17) is 11.6 Å². The van der Waals surface area contributed by atoms with Crippen molar-refractivity contribution in [3.8, 4) is 0 Å². The van der Waals surface area contributed by atoms with Crippen molar-refractivity contribution in [2.75, 3.05) is 32.4 Å². The zero-order valence-corrected chi connectivity index (χ0v) is 13.3. The van der Waals surface area contributed by atoms with Gasteiger partial charge in [-0.3, -0.25) is 4.79 Å². The minimum absolute atomic E-state index is 0.161. The van der Waals surface area contributed by atoms with Crippen LogP contribution in [0.1, 0.15) is 12.8 Å². The van der Waals surface area contributed by atoms with Crippen LogP contribution in [0.15, 0.2) is 29.2 Å². The van der Waals surface area contributed by atoms with Gasteiger partial charge in [-0.25, -0.2) is 0 Å². The van der Waals surface area contributed by atoms with Gasteiger partial charge in [0.1, 0.15) is 0 Å². The molecule has 1 unspecified atom stereocenters. The van der Waals surface area contributed by atoms with Crippen LogP contribution in [-0.4, -0.2) is 43.2 Å². The summed E-state index contributed by atoms with van der Waals surface area (Å²) >= 11 is 7.58. The first-order valence-electron chi connectivity index (χ1n) is 7.00. The van der Waals surface area contributed by atoms with Crippen LogP contribution in [-0.2, 0) is 4.79 Å². The molecule has 5 heteroatoms. The molecule has 0 spiro atoms. The second-order valence-electron chi connectivity index (χ2n) is 5.19. The number of amides is 1. The molecule has 1 aromatic carbocycles. The summed E-state index contributed by atoms with van der Waals surface area (Å²) in [5.41, 5.74) is 0. The van der Waals surface area contributed by atoms with E-state index >= 15 is 0 Å². The lowest BCUT2D eigenvalue weighted by atomic mass is 9.98. The van der Waals surface area contributed by atoms with Crippen LogP contribution in [0.5, 0.6) is 0 Å². The average molecular weight is 313 g/mol. The van der Waals surface area contributed by atoms with E-state index < -0.39 is 0 Å². The Balaban J connectivity index is 1.65. The Hall–Kier alpha value is -0.710. The van der Waals surface area contributed by atoms with Gasteiger partial charge in [-0.05, 0) is 50.7 Å². The summed E-state index contributed by atoms with van der Waals surface area (Å²) in [4.78, 5) is 15.4. The third kappa shape index (κ3) is 5.00. The maximum absolute atomic E-state index is 12.0. The number of rotatable bonds is 5. The number of likely N-dealkylation sites (tertiary alicyclic amines) is 1. The van der Waals surface area contributed by atoms with Gasteiger partial charge in [0.2, 0.25) is 5.91 Å². The summed E-state index contributed by atoms with van der Waals surface area (Å²) in [6, 6.07) is 7.79. The van der Waals surface area contributed by atoms with E-state index in [9.17, 15) is 4.79 Å². The van der Waals surface area contributed by atoms with E-state index in [1.165, 1.54) is 4.90 Å². The molecule has 1 N–H and O–H groups in total. The van der Waals surface area contributed by atoms with Crippen LogP contribution in [0.3, 0.4) is 0 Å². The SMILES string of the molecule is CN1CCCC(C(=O)NCCSc2ccc(Cl)cc2)C1. The lowest BCUT2D eigenvalue weighted by molar-refractivity contribution is -0.126. The molecule has 0 bridgehead atoms. The van der Waals surface area contributed by atoms with Crippen LogP contribution in [0.4, 0.5) is 0 Å². The minimum atomic E-state index is 0.161. The molecule has 1 atom stereocenters. The normalized spacial score (nSPS) is 19.8. The van der Waals surface area contributed by atoms with E-state index in [1.807, 2.05) is 24.3 Å². The van der Waals surface area contributed by atoms with Gasteiger partial charge >= 0.3 is 0 Å². The number of hydrogen-bond acceptors (Lipinski definition) is 3. The van der Waals surface area contributed by atoms with Crippen LogP contribution in [0.25, 0.3) is 0 Å². The largest absolute Gasteiger partial charge is 0.355 e. The number of halogens is 1. The quantitative estimate of drug-likeness (QED) is 0.670. The minimum Gasteiger partial charge on any atom is -0.355 e. The van der Waals surface area contributed by atoms with Crippen molar-refractivity contribution in [2.45, 2.75) is 17.7 Å². The summed E-state index contributed by atoms with van der Waals surface area (Å²) in [7, 11) is 2.08. The van der Waals surface area contributed by atoms with Crippen LogP contribution < -0.4 is 5.32 Å². The van der Waals surface area contributed by atoms with Gasteiger partial charge in [0.05, 0.1) is 5.92 Å². The van der Waals surface area contributed by atoms with Gasteiger partial charge in [-0.1, -0.05) is 11.6 Å². The highest BCUT2D eigenvalue weighted by molar-refractivity contribution is 7.99. The van der Waals surface area contributed by atoms with E-state index in [-0.39, 0.29) is 11.8 Å². The van der Waals surface area contributed by atoms with Crippen molar-refractivity contribution in [3.05, 3.63) is 29.3 Å². The Morgan fingerprint density at radius 1 is 1.45 bits per heavy atom. The zero-order valence-electron chi connectivity index (χ0n) is 11.8. The molecule has 1 heterocycles. The molecule has 0 radical (unpaired) electrons. The molecule has 1 aliphatic rings.